The monoisotopic (exact) mass is 391 g/mol. The highest BCUT2D eigenvalue weighted by molar-refractivity contribution is 6.10. The maximum absolute atomic E-state index is 12.9. The smallest absolute Gasteiger partial charge is 0.355 e. The molecule has 1 aromatic heterocycles. The number of carbonyl (C=O) groups is 2. The second-order valence-corrected chi connectivity index (χ2v) is 6.80. The molecule has 0 saturated carbocycles. The van der Waals surface area contributed by atoms with Gasteiger partial charge < -0.3 is 14.5 Å². The topological polar surface area (TPSA) is 68.4 Å². The molecular formula is C24H25NO4. The van der Waals surface area contributed by atoms with E-state index in [-0.39, 0.29) is 24.5 Å². The van der Waals surface area contributed by atoms with E-state index in [9.17, 15) is 9.59 Å². The van der Waals surface area contributed by atoms with Gasteiger partial charge in [-0.05, 0) is 38.8 Å². The maximum atomic E-state index is 12.9. The molecule has 5 nitrogen and oxygen atoms in total. The lowest BCUT2D eigenvalue weighted by Crippen LogP contribution is -2.13. The number of rotatable bonds is 6. The van der Waals surface area contributed by atoms with Crippen LogP contribution in [0, 0.1) is 13.8 Å². The van der Waals surface area contributed by atoms with Gasteiger partial charge in [0.2, 0.25) is 0 Å². The third-order valence-electron chi connectivity index (χ3n) is 4.64. The average molecular weight is 391 g/mol. The van der Waals surface area contributed by atoms with Gasteiger partial charge in [-0.1, -0.05) is 59.7 Å². The van der Waals surface area contributed by atoms with Gasteiger partial charge in [0.15, 0.2) is 0 Å². The summed E-state index contributed by atoms with van der Waals surface area (Å²) in [5.74, 6) is -1.14. The fourth-order valence-corrected chi connectivity index (χ4v) is 3.21. The minimum absolute atomic E-state index is 0.108. The Labute approximate surface area is 170 Å². The van der Waals surface area contributed by atoms with E-state index >= 15 is 0 Å². The Morgan fingerprint density at radius 2 is 1.24 bits per heavy atom. The number of esters is 2. The summed E-state index contributed by atoms with van der Waals surface area (Å²) < 4.78 is 10.5. The van der Waals surface area contributed by atoms with Crippen LogP contribution in [0.4, 0.5) is 0 Å². The van der Waals surface area contributed by atoms with Crippen LogP contribution in [0.15, 0.2) is 48.5 Å². The molecule has 0 aliphatic rings. The van der Waals surface area contributed by atoms with E-state index < -0.39 is 11.9 Å². The van der Waals surface area contributed by atoms with Gasteiger partial charge in [0.1, 0.15) is 11.3 Å². The predicted molar refractivity (Wildman–Crippen MR) is 113 cm³/mol. The first kappa shape index (κ1) is 20.4. The summed E-state index contributed by atoms with van der Waals surface area (Å²) in [5.41, 5.74) is 5.53. The molecule has 150 valence electrons. The van der Waals surface area contributed by atoms with Crippen molar-refractivity contribution in [2.45, 2.75) is 27.7 Å². The van der Waals surface area contributed by atoms with E-state index in [1.807, 2.05) is 62.4 Å². The van der Waals surface area contributed by atoms with Crippen LogP contribution in [-0.2, 0) is 9.47 Å². The quantitative estimate of drug-likeness (QED) is 0.578. The second-order valence-electron chi connectivity index (χ2n) is 6.80. The molecule has 0 radical (unpaired) electrons. The van der Waals surface area contributed by atoms with Gasteiger partial charge >= 0.3 is 11.9 Å². The standard InChI is InChI=1S/C24H25NO4/c1-5-28-23(26)20-19(17-11-7-15(3)8-12-17)21(18-13-9-16(4)10-14-18)25-22(20)24(27)29-6-2/h7-14,25H,5-6H2,1-4H3. The number of H-pyrrole nitrogens is 1. The lowest BCUT2D eigenvalue weighted by Gasteiger charge is -2.09. The number of hydrogen-bond donors (Lipinski definition) is 1. The lowest BCUT2D eigenvalue weighted by atomic mass is 9.96. The molecule has 0 spiro atoms. The summed E-state index contributed by atoms with van der Waals surface area (Å²) in [5, 5.41) is 0. The van der Waals surface area contributed by atoms with Crippen LogP contribution in [0.25, 0.3) is 22.4 Å². The zero-order valence-corrected chi connectivity index (χ0v) is 17.2. The van der Waals surface area contributed by atoms with Gasteiger partial charge in [-0.25, -0.2) is 9.59 Å². The Kier molecular flexibility index (Phi) is 6.17. The van der Waals surface area contributed by atoms with Crippen molar-refractivity contribution in [3.8, 4) is 22.4 Å². The summed E-state index contributed by atoms with van der Waals surface area (Å²) in [4.78, 5) is 28.7. The van der Waals surface area contributed by atoms with Crippen molar-refractivity contribution in [3.63, 3.8) is 0 Å². The maximum Gasteiger partial charge on any atom is 0.355 e. The molecular weight excluding hydrogens is 366 g/mol. The zero-order valence-electron chi connectivity index (χ0n) is 17.2. The molecule has 0 saturated heterocycles. The third-order valence-corrected chi connectivity index (χ3v) is 4.64. The van der Waals surface area contributed by atoms with E-state index in [0.29, 0.717) is 11.3 Å². The highest BCUT2D eigenvalue weighted by atomic mass is 16.5. The SMILES string of the molecule is CCOC(=O)c1[nH]c(-c2ccc(C)cc2)c(-c2ccc(C)cc2)c1C(=O)OCC. The highest BCUT2D eigenvalue weighted by Crippen LogP contribution is 2.38. The first-order valence-corrected chi connectivity index (χ1v) is 9.70. The number of aromatic amines is 1. The molecule has 0 atom stereocenters. The summed E-state index contributed by atoms with van der Waals surface area (Å²) in [6.45, 7) is 7.89. The van der Waals surface area contributed by atoms with Gasteiger partial charge in [0.25, 0.3) is 0 Å². The lowest BCUT2D eigenvalue weighted by molar-refractivity contribution is 0.0476. The first-order valence-electron chi connectivity index (χ1n) is 9.70. The Balaban J connectivity index is 2.32. The van der Waals surface area contributed by atoms with E-state index in [0.717, 1.165) is 22.3 Å². The van der Waals surface area contributed by atoms with Crippen LogP contribution in [0.3, 0.4) is 0 Å². The van der Waals surface area contributed by atoms with Crippen LogP contribution in [0.5, 0.6) is 0 Å². The summed E-state index contributed by atoms with van der Waals surface area (Å²) in [6, 6.07) is 15.7. The van der Waals surface area contributed by atoms with E-state index in [4.69, 9.17) is 9.47 Å². The molecule has 0 aliphatic heterocycles. The van der Waals surface area contributed by atoms with Gasteiger partial charge in [0.05, 0.1) is 18.9 Å². The minimum Gasteiger partial charge on any atom is -0.462 e. The normalized spacial score (nSPS) is 10.6. The molecule has 0 amide bonds. The number of aryl methyl sites for hydroxylation is 2. The Morgan fingerprint density at radius 1 is 0.759 bits per heavy atom. The van der Waals surface area contributed by atoms with Crippen molar-refractivity contribution in [2.75, 3.05) is 13.2 Å². The number of hydrogen-bond acceptors (Lipinski definition) is 4. The third kappa shape index (κ3) is 4.24. The molecule has 0 aliphatic carbocycles. The number of benzene rings is 2. The molecule has 0 fully saturated rings. The minimum atomic E-state index is -0.581. The van der Waals surface area contributed by atoms with E-state index in [1.165, 1.54) is 0 Å². The molecule has 2 aromatic carbocycles. The molecule has 3 rings (SSSR count). The van der Waals surface area contributed by atoms with Crippen molar-refractivity contribution >= 4 is 11.9 Å². The van der Waals surface area contributed by atoms with Crippen molar-refractivity contribution in [3.05, 3.63) is 70.9 Å². The van der Waals surface area contributed by atoms with E-state index in [2.05, 4.69) is 4.98 Å². The van der Waals surface area contributed by atoms with Crippen molar-refractivity contribution < 1.29 is 19.1 Å². The Morgan fingerprint density at radius 3 is 1.76 bits per heavy atom. The summed E-state index contributed by atoms with van der Waals surface area (Å²) in [6.07, 6.45) is 0. The Bertz CT molecular complexity index is 1010. The molecule has 0 unspecified atom stereocenters. The van der Waals surface area contributed by atoms with Crippen molar-refractivity contribution in [2.24, 2.45) is 0 Å². The zero-order chi connectivity index (χ0) is 21.0. The van der Waals surface area contributed by atoms with Crippen LogP contribution in [0.2, 0.25) is 0 Å². The van der Waals surface area contributed by atoms with Gasteiger partial charge in [-0.3, -0.25) is 0 Å². The van der Waals surface area contributed by atoms with Crippen molar-refractivity contribution in [1.29, 1.82) is 0 Å². The number of ether oxygens (including phenoxy) is 2. The summed E-state index contributed by atoms with van der Waals surface area (Å²) >= 11 is 0. The fraction of sp³-hybridized carbons (Fsp3) is 0.250. The molecule has 29 heavy (non-hydrogen) atoms. The Hall–Kier alpha value is -3.34. The van der Waals surface area contributed by atoms with Gasteiger partial charge in [-0.2, -0.15) is 0 Å². The number of carbonyl (C=O) groups excluding carboxylic acids is 2. The number of nitrogens with one attached hydrogen (secondary N) is 1. The van der Waals surface area contributed by atoms with Crippen LogP contribution in [0.1, 0.15) is 45.8 Å². The highest BCUT2D eigenvalue weighted by Gasteiger charge is 2.30. The largest absolute Gasteiger partial charge is 0.462 e. The fourth-order valence-electron chi connectivity index (χ4n) is 3.21. The predicted octanol–water partition coefficient (Wildman–Crippen LogP) is 5.32. The second kappa shape index (κ2) is 8.78. The van der Waals surface area contributed by atoms with Gasteiger partial charge in [-0.15, -0.1) is 0 Å². The first-order chi connectivity index (χ1) is 14.0. The molecule has 1 heterocycles. The molecule has 1 N–H and O–H groups in total. The van der Waals surface area contributed by atoms with Crippen molar-refractivity contribution in [1.82, 2.24) is 4.98 Å². The summed E-state index contributed by atoms with van der Waals surface area (Å²) in [7, 11) is 0. The number of aromatic nitrogens is 1. The van der Waals surface area contributed by atoms with Crippen LogP contribution in [-0.4, -0.2) is 30.1 Å². The average Bonchev–Trinajstić information content (AvgIpc) is 3.10. The molecule has 3 aromatic rings. The molecule has 0 bridgehead atoms. The van der Waals surface area contributed by atoms with Gasteiger partial charge in [0, 0.05) is 5.56 Å². The molecule has 5 heteroatoms. The van der Waals surface area contributed by atoms with Crippen LogP contribution >= 0.6 is 0 Å². The van der Waals surface area contributed by atoms with Crippen LogP contribution < -0.4 is 0 Å². The van der Waals surface area contributed by atoms with E-state index in [1.54, 1.807) is 13.8 Å².